The molecule has 0 atom stereocenters. The molecule has 8 aromatic carbocycles. The van der Waals surface area contributed by atoms with Gasteiger partial charge in [-0.15, -0.1) is 0 Å². The van der Waals surface area contributed by atoms with E-state index in [1.807, 2.05) is 6.07 Å². The summed E-state index contributed by atoms with van der Waals surface area (Å²) in [5.41, 5.74) is 15.9. The highest BCUT2D eigenvalue weighted by atomic mass is 15.1. The van der Waals surface area contributed by atoms with E-state index in [1.54, 1.807) is 0 Å². The molecule has 0 unspecified atom stereocenters. The second kappa shape index (κ2) is 12.6. The SMILES string of the molecule is [C-]#[N+]c1ccc2c(c1)C(C)(C)c1c-2c(-c2ccc(N(c3ccc(-c4ccccc4)cc3)c3ccc(-c4ccccc4)cc3)cc2)cc2ccccc12. The molecule has 1 aliphatic rings. The molecule has 0 aromatic heterocycles. The zero-order valence-electron chi connectivity index (χ0n) is 29.2. The maximum Gasteiger partial charge on any atom is 0.187 e. The normalized spacial score (nSPS) is 12.6. The van der Waals surface area contributed by atoms with Crippen molar-refractivity contribution >= 4 is 33.5 Å². The van der Waals surface area contributed by atoms with Crippen molar-refractivity contribution in [3.8, 4) is 44.5 Å². The van der Waals surface area contributed by atoms with Gasteiger partial charge in [-0.05, 0) is 109 Å². The van der Waals surface area contributed by atoms with E-state index >= 15 is 0 Å². The zero-order chi connectivity index (χ0) is 35.2. The standard InChI is InChI=1S/C50H36N2/c1-50(2)47-33-40(51-3)24-31-45(47)48-46(32-39-16-10-11-17-44(39)49(48)50)38-22-29-43(30-23-38)52(41-25-18-36(19-26-41)34-12-6-4-7-13-34)42-27-20-37(21-28-42)35-14-8-5-9-15-35/h4-33H,1-2H3. The Hall–Kier alpha value is -6.69. The van der Waals surface area contributed by atoms with Gasteiger partial charge in [-0.3, -0.25) is 0 Å². The summed E-state index contributed by atoms with van der Waals surface area (Å²) < 4.78 is 0. The first-order chi connectivity index (χ1) is 25.5. The van der Waals surface area contributed by atoms with Gasteiger partial charge in [-0.25, -0.2) is 4.85 Å². The van der Waals surface area contributed by atoms with Gasteiger partial charge in [0.05, 0.1) is 6.57 Å². The minimum atomic E-state index is -0.241. The highest BCUT2D eigenvalue weighted by Crippen LogP contribution is 2.55. The van der Waals surface area contributed by atoms with Crippen molar-refractivity contribution in [2.24, 2.45) is 0 Å². The summed E-state index contributed by atoms with van der Waals surface area (Å²) in [6.07, 6.45) is 0. The van der Waals surface area contributed by atoms with E-state index in [0.29, 0.717) is 5.69 Å². The van der Waals surface area contributed by atoms with Crippen LogP contribution in [0.25, 0.3) is 60.1 Å². The van der Waals surface area contributed by atoms with Crippen LogP contribution in [-0.4, -0.2) is 0 Å². The lowest BCUT2D eigenvalue weighted by atomic mass is 9.79. The highest BCUT2D eigenvalue weighted by Gasteiger charge is 2.38. The van der Waals surface area contributed by atoms with Gasteiger partial charge in [0.15, 0.2) is 5.69 Å². The maximum absolute atomic E-state index is 7.70. The number of anilines is 3. The molecule has 0 saturated carbocycles. The molecule has 0 aliphatic heterocycles. The smallest absolute Gasteiger partial charge is 0.187 e. The van der Waals surface area contributed by atoms with E-state index < -0.39 is 0 Å². The van der Waals surface area contributed by atoms with E-state index in [9.17, 15) is 0 Å². The molecule has 2 nitrogen and oxygen atoms in total. The lowest BCUT2D eigenvalue weighted by molar-refractivity contribution is 0.666. The van der Waals surface area contributed by atoms with Gasteiger partial charge < -0.3 is 4.90 Å². The monoisotopic (exact) mass is 664 g/mol. The summed E-state index contributed by atoms with van der Waals surface area (Å²) in [4.78, 5) is 6.12. The third-order valence-corrected chi connectivity index (χ3v) is 10.7. The average molecular weight is 665 g/mol. The first kappa shape index (κ1) is 31.3. The molecule has 0 bridgehead atoms. The van der Waals surface area contributed by atoms with E-state index in [2.05, 4.69) is 200 Å². The minimum Gasteiger partial charge on any atom is -0.311 e. The van der Waals surface area contributed by atoms with E-state index in [4.69, 9.17) is 6.57 Å². The summed E-state index contributed by atoms with van der Waals surface area (Å²) in [5.74, 6) is 0. The molecule has 0 amide bonds. The Morgan fingerprint density at radius 1 is 0.462 bits per heavy atom. The van der Waals surface area contributed by atoms with Crippen molar-refractivity contribution in [3.05, 3.63) is 205 Å². The summed E-state index contributed by atoms with van der Waals surface area (Å²) in [7, 11) is 0. The predicted molar refractivity (Wildman–Crippen MR) is 219 cm³/mol. The molecule has 0 radical (unpaired) electrons. The quantitative estimate of drug-likeness (QED) is 0.161. The minimum absolute atomic E-state index is 0.241. The first-order valence-corrected chi connectivity index (χ1v) is 17.8. The van der Waals surface area contributed by atoms with Crippen LogP contribution in [0.15, 0.2) is 182 Å². The van der Waals surface area contributed by atoms with Crippen molar-refractivity contribution in [2.75, 3.05) is 4.90 Å². The highest BCUT2D eigenvalue weighted by molar-refractivity contribution is 6.05. The number of fused-ring (bicyclic) bond motifs is 5. The predicted octanol–water partition coefficient (Wildman–Crippen LogP) is 14.2. The van der Waals surface area contributed by atoms with Crippen LogP contribution in [0.4, 0.5) is 22.7 Å². The second-order valence-electron chi connectivity index (χ2n) is 14.1. The van der Waals surface area contributed by atoms with Crippen LogP contribution in [0.5, 0.6) is 0 Å². The molecular weight excluding hydrogens is 629 g/mol. The summed E-state index contributed by atoms with van der Waals surface area (Å²) >= 11 is 0. The van der Waals surface area contributed by atoms with Crippen LogP contribution in [0.1, 0.15) is 25.0 Å². The summed E-state index contributed by atoms with van der Waals surface area (Å²) in [6.45, 7) is 12.3. The number of rotatable bonds is 6. The van der Waals surface area contributed by atoms with Crippen molar-refractivity contribution in [2.45, 2.75) is 19.3 Å². The van der Waals surface area contributed by atoms with E-state index in [1.165, 1.54) is 66.4 Å². The Kier molecular flexibility index (Phi) is 7.57. The molecule has 246 valence electrons. The fraction of sp³-hybridized carbons (Fsp3) is 0.0600. The molecule has 0 fully saturated rings. The van der Waals surface area contributed by atoms with Crippen LogP contribution in [-0.2, 0) is 5.41 Å². The van der Waals surface area contributed by atoms with Crippen molar-refractivity contribution in [1.82, 2.24) is 0 Å². The van der Waals surface area contributed by atoms with Crippen LogP contribution in [0.2, 0.25) is 0 Å². The van der Waals surface area contributed by atoms with Crippen LogP contribution >= 0.6 is 0 Å². The maximum atomic E-state index is 7.70. The van der Waals surface area contributed by atoms with Crippen molar-refractivity contribution in [3.63, 3.8) is 0 Å². The Bertz CT molecular complexity index is 2530. The van der Waals surface area contributed by atoms with Crippen LogP contribution in [0.3, 0.4) is 0 Å². The van der Waals surface area contributed by atoms with Gasteiger partial charge in [0.25, 0.3) is 0 Å². The average Bonchev–Trinajstić information content (AvgIpc) is 3.45. The Labute approximate surface area is 305 Å². The topological polar surface area (TPSA) is 7.60 Å². The molecule has 8 aromatic rings. The Morgan fingerprint density at radius 3 is 1.48 bits per heavy atom. The molecule has 9 rings (SSSR count). The molecule has 0 heterocycles. The van der Waals surface area contributed by atoms with Gasteiger partial charge >= 0.3 is 0 Å². The van der Waals surface area contributed by atoms with Crippen molar-refractivity contribution < 1.29 is 0 Å². The fourth-order valence-corrected chi connectivity index (χ4v) is 8.08. The lowest BCUT2D eigenvalue weighted by Crippen LogP contribution is -2.15. The summed E-state index contributed by atoms with van der Waals surface area (Å²) in [5, 5.41) is 2.50. The summed E-state index contributed by atoms with van der Waals surface area (Å²) in [6, 6.07) is 65.1. The second-order valence-corrected chi connectivity index (χ2v) is 14.1. The van der Waals surface area contributed by atoms with Gasteiger partial charge in [-0.1, -0.05) is 153 Å². The van der Waals surface area contributed by atoms with Crippen LogP contribution in [0, 0.1) is 6.57 Å². The molecule has 2 heteroatoms. The zero-order valence-corrected chi connectivity index (χ0v) is 29.2. The van der Waals surface area contributed by atoms with E-state index in [-0.39, 0.29) is 5.41 Å². The largest absolute Gasteiger partial charge is 0.311 e. The van der Waals surface area contributed by atoms with Gasteiger partial charge in [0.2, 0.25) is 0 Å². The van der Waals surface area contributed by atoms with Crippen molar-refractivity contribution in [1.29, 1.82) is 0 Å². The third kappa shape index (κ3) is 5.27. The number of nitrogens with zero attached hydrogens (tertiary/aromatic N) is 2. The van der Waals surface area contributed by atoms with Gasteiger partial charge in [-0.2, -0.15) is 0 Å². The molecular formula is C50H36N2. The molecule has 0 spiro atoms. The fourth-order valence-electron chi connectivity index (χ4n) is 8.08. The Balaban J connectivity index is 1.17. The number of hydrogen-bond donors (Lipinski definition) is 0. The first-order valence-electron chi connectivity index (χ1n) is 17.8. The van der Waals surface area contributed by atoms with E-state index in [0.717, 1.165) is 17.1 Å². The molecule has 1 aliphatic carbocycles. The van der Waals surface area contributed by atoms with Gasteiger partial charge in [0, 0.05) is 22.5 Å². The van der Waals surface area contributed by atoms with Gasteiger partial charge in [0.1, 0.15) is 0 Å². The van der Waals surface area contributed by atoms with Crippen LogP contribution < -0.4 is 4.90 Å². The number of benzene rings is 8. The third-order valence-electron chi connectivity index (χ3n) is 10.7. The Morgan fingerprint density at radius 2 is 0.942 bits per heavy atom. The molecule has 52 heavy (non-hydrogen) atoms. The lowest BCUT2D eigenvalue weighted by Gasteiger charge is -2.26. The molecule has 0 saturated heterocycles. The number of hydrogen-bond acceptors (Lipinski definition) is 1. The molecule has 0 N–H and O–H groups in total.